The van der Waals surface area contributed by atoms with E-state index in [2.05, 4.69) is 197 Å². The zero-order chi connectivity index (χ0) is 37.2. The van der Waals surface area contributed by atoms with Crippen molar-refractivity contribution in [1.82, 2.24) is 9.13 Å². The maximum atomic E-state index is 6.92. The molecule has 4 heteroatoms. The van der Waals surface area contributed by atoms with Crippen molar-refractivity contribution in [2.24, 2.45) is 4.99 Å². The number of para-hydroxylation sites is 3. The number of nitrogens with two attached hydrogens (primary N) is 1. The van der Waals surface area contributed by atoms with Gasteiger partial charge >= 0.3 is 0 Å². The van der Waals surface area contributed by atoms with Gasteiger partial charge in [-0.1, -0.05) is 152 Å². The van der Waals surface area contributed by atoms with E-state index in [0.717, 1.165) is 49.7 Å². The molecule has 0 bridgehead atoms. The van der Waals surface area contributed by atoms with Crippen LogP contribution in [0.15, 0.2) is 199 Å². The lowest BCUT2D eigenvalue weighted by Gasteiger charge is -2.16. The van der Waals surface area contributed by atoms with E-state index < -0.39 is 0 Å². The molecule has 0 unspecified atom stereocenters. The number of rotatable bonds is 6. The van der Waals surface area contributed by atoms with Crippen LogP contribution in [0.3, 0.4) is 0 Å². The second-order valence-electron chi connectivity index (χ2n) is 14.5. The molecule has 11 rings (SSSR count). The minimum Gasteiger partial charge on any atom is -0.398 e. The Bertz CT molecular complexity index is 3340. The van der Waals surface area contributed by atoms with Crippen molar-refractivity contribution in [3.05, 3.63) is 205 Å². The smallest absolute Gasteiger partial charge is 0.115 e. The fourth-order valence-electron chi connectivity index (χ4n) is 9.00. The molecule has 11 aromatic rings. The summed E-state index contributed by atoms with van der Waals surface area (Å²) in [6, 6.07) is 69.2. The SMILES string of the molecule is Nc1ccc2ccccc2c1/C(=N\Cn1c2ccccc2c2c(-c3cccc4c3c3ccccc3n4-c3ccccc3)cccc21)c1cccc2ccccc12. The first-order valence-corrected chi connectivity index (χ1v) is 19.1. The minimum absolute atomic E-state index is 0.409. The molecule has 0 atom stereocenters. The number of aromatic nitrogens is 2. The van der Waals surface area contributed by atoms with Gasteiger partial charge in [0, 0.05) is 44.0 Å². The van der Waals surface area contributed by atoms with Crippen molar-refractivity contribution in [1.29, 1.82) is 0 Å². The quantitative estimate of drug-likeness (QED) is 0.135. The number of fused-ring (bicyclic) bond motifs is 8. The third-order valence-electron chi connectivity index (χ3n) is 11.4. The molecule has 0 amide bonds. The van der Waals surface area contributed by atoms with Crippen molar-refractivity contribution in [3.63, 3.8) is 0 Å². The molecule has 9 aromatic carbocycles. The Morgan fingerprint density at radius 1 is 0.429 bits per heavy atom. The number of benzene rings is 9. The molecule has 0 spiro atoms. The normalized spacial score (nSPS) is 12.2. The van der Waals surface area contributed by atoms with Crippen LogP contribution in [0, 0.1) is 0 Å². The average molecular weight is 717 g/mol. The zero-order valence-corrected chi connectivity index (χ0v) is 30.6. The van der Waals surface area contributed by atoms with Crippen LogP contribution in [0.4, 0.5) is 5.69 Å². The molecule has 0 saturated heterocycles. The van der Waals surface area contributed by atoms with Gasteiger partial charge in [0.15, 0.2) is 0 Å². The van der Waals surface area contributed by atoms with Gasteiger partial charge in [-0.05, 0) is 75.1 Å². The predicted molar refractivity (Wildman–Crippen MR) is 237 cm³/mol. The highest BCUT2D eigenvalue weighted by Crippen LogP contribution is 2.43. The van der Waals surface area contributed by atoms with Crippen LogP contribution in [-0.2, 0) is 6.67 Å². The topological polar surface area (TPSA) is 48.2 Å². The van der Waals surface area contributed by atoms with Crippen LogP contribution in [-0.4, -0.2) is 14.8 Å². The Morgan fingerprint density at radius 2 is 0.964 bits per heavy atom. The number of aliphatic imine (C=N–C) groups is 1. The fraction of sp³-hybridized carbons (Fsp3) is 0.0192. The minimum atomic E-state index is 0.409. The first-order valence-electron chi connectivity index (χ1n) is 19.1. The Morgan fingerprint density at radius 3 is 1.73 bits per heavy atom. The van der Waals surface area contributed by atoms with Crippen LogP contribution in [0.2, 0.25) is 0 Å². The van der Waals surface area contributed by atoms with Crippen molar-refractivity contribution in [2.45, 2.75) is 6.67 Å². The van der Waals surface area contributed by atoms with Gasteiger partial charge in [0.2, 0.25) is 0 Å². The maximum Gasteiger partial charge on any atom is 0.115 e. The zero-order valence-electron chi connectivity index (χ0n) is 30.6. The molecule has 2 aromatic heterocycles. The number of anilines is 1. The monoisotopic (exact) mass is 716 g/mol. The van der Waals surface area contributed by atoms with Crippen LogP contribution < -0.4 is 5.73 Å². The molecule has 2 heterocycles. The van der Waals surface area contributed by atoms with E-state index in [1.807, 2.05) is 6.07 Å². The van der Waals surface area contributed by atoms with E-state index in [-0.39, 0.29) is 0 Å². The second kappa shape index (κ2) is 12.9. The van der Waals surface area contributed by atoms with Crippen molar-refractivity contribution in [3.8, 4) is 16.8 Å². The lowest BCUT2D eigenvalue weighted by atomic mass is 9.92. The van der Waals surface area contributed by atoms with E-state index >= 15 is 0 Å². The number of nitrogen functional groups attached to an aromatic ring is 1. The molecule has 264 valence electrons. The van der Waals surface area contributed by atoms with Crippen molar-refractivity contribution >= 4 is 76.6 Å². The Labute approximate surface area is 324 Å². The highest BCUT2D eigenvalue weighted by Gasteiger charge is 2.21. The predicted octanol–water partition coefficient (Wildman–Crippen LogP) is 12.9. The molecular formula is C52H36N4. The molecular weight excluding hydrogens is 681 g/mol. The van der Waals surface area contributed by atoms with Gasteiger partial charge in [-0.3, -0.25) is 4.99 Å². The van der Waals surface area contributed by atoms with Gasteiger partial charge in [-0.15, -0.1) is 0 Å². The Balaban J connectivity index is 1.17. The Kier molecular flexibility index (Phi) is 7.36. The van der Waals surface area contributed by atoms with Gasteiger partial charge in [0.05, 0.1) is 27.8 Å². The summed E-state index contributed by atoms with van der Waals surface area (Å²) in [5.41, 5.74) is 18.8. The first-order chi connectivity index (χ1) is 27.7. The van der Waals surface area contributed by atoms with E-state index in [4.69, 9.17) is 10.7 Å². The van der Waals surface area contributed by atoms with Crippen molar-refractivity contribution < 1.29 is 0 Å². The van der Waals surface area contributed by atoms with E-state index in [9.17, 15) is 0 Å². The van der Waals surface area contributed by atoms with Crippen LogP contribution in [0.1, 0.15) is 11.1 Å². The van der Waals surface area contributed by atoms with Gasteiger partial charge in [0.25, 0.3) is 0 Å². The summed E-state index contributed by atoms with van der Waals surface area (Å²) in [6.45, 7) is 0.409. The third-order valence-corrected chi connectivity index (χ3v) is 11.4. The molecule has 0 fully saturated rings. The first kappa shape index (κ1) is 32.0. The summed E-state index contributed by atoms with van der Waals surface area (Å²) >= 11 is 0. The Hall–Kier alpha value is -7.43. The molecule has 2 N–H and O–H groups in total. The number of hydrogen-bond acceptors (Lipinski definition) is 2. The lowest BCUT2D eigenvalue weighted by Crippen LogP contribution is -2.10. The standard InChI is InChI=1S/C52H36N4/c53-44-32-31-35-16-5-7-21-38(35)51(44)52(41-26-12-17-34-15-4-6-20-37(34)41)54-33-55-45-27-10-8-22-42(45)49-39(24-13-29-47(49)55)40-25-14-30-48-50(40)43-23-9-11-28-46(43)56(48)36-18-2-1-3-19-36/h1-32H,33,53H2/b54-52-. The fourth-order valence-corrected chi connectivity index (χ4v) is 9.00. The lowest BCUT2D eigenvalue weighted by molar-refractivity contribution is 0.793. The van der Waals surface area contributed by atoms with E-state index in [1.165, 1.54) is 49.1 Å². The summed E-state index contributed by atoms with van der Waals surface area (Å²) < 4.78 is 4.76. The summed E-state index contributed by atoms with van der Waals surface area (Å²) in [5.74, 6) is 0. The molecule has 0 aliphatic carbocycles. The van der Waals surface area contributed by atoms with Gasteiger partial charge in [-0.25, -0.2) is 0 Å². The number of nitrogens with zero attached hydrogens (tertiary/aromatic N) is 3. The number of hydrogen-bond donors (Lipinski definition) is 1. The average Bonchev–Trinajstić information content (AvgIpc) is 3.77. The summed E-state index contributed by atoms with van der Waals surface area (Å²) in [4.78, 5) is 5.59. The molecule has 0 aliphatic rings. The van der Waals surface area contributed by atoms with Crippen molar-refractivity contribution in [2.75, 3.05) is 5.73 Å². The van der Waals surface area contributed by atoms with Crippen LogP contribution in [0.5, 0.6) is 0 Å². The molecule has 0 radical (unpaired) electrons. The summed E-state index contributed by atoms with van der Waals surface area (Å²) in [5, 5.41) is 9.44. The summed E-state index contributed by atoms with van der Waals surface area (Å²) in [7, 11) is 0. The molecule has 56 heavy (non-hydrogen) atoms. The second-order valence-corrected chi connectivity index (χ2v) is 14.5. The highest BCUT2D eigenvalue weighted by atomic mass is 15.1. The van der Waals surface area contributed by atoms with E-state index in [1.54, 1.807) is 0 Å². The van der Waals surface area contributed by atoms with Gasteiger partial charge < -0.3 is 14.9 Å². The molecule has 4 nitrogen and oxygen atoms in total. The third kappa shape index (κ3) is 4.89. The van der Waals surface area contributed by atoms with Crippen LogP contribution in [0.25, 0.3) is 82.0 Å². The molecule has 0 saturated carbocycles. The highest BCUT2D eigenvalue weighted by molar-refractivity contribution is 6.27. The summed E-state index contributed by atoms with van der Waals surface area (Å²) in [6.07, 6.45) is 0. The largest absolute Gasteiger partial charge is 0.398 e. The van der Waals surface area contributed by atoms with E-state index in [0.29, 0.717) is 12.4 Å². The van der Waals surface area contributed by atoms with Gasteiger partial charge in [0.1, 0.15) is 6.67 Å². The molecule has 0 aliphatic heterocycles. The van der Waals surface area contributed by atoms with Gasteiger partial charge in [-0.2, -0.15) is 0 Å². The van der Waals surface area contributed by atoms with Crippen LogP contribution >= 0.6 is 0 Å². The maximum absolute atomic E-state index is 6.92.